The molecular formula is C14H17ClN2. The molecule has 2 rings (SSSR count). The lowest BCUT2D eigenvalue weighted by atomic mass is 9.97. The molecule has 1 fully saturated rings. The van der Waals surface area contributed by atoms with E-state index in [0.717, 1.165) is 29.2 Å². The van der Waals surface area contributed by atoms with E-state index in [0.29, 0.717) is 0 Å². The summed E-state index contributed by atoms with van der Waals surface area (Å²) in [4.78, 5) is 2.28. The average Bonchev–Trinajstić information content (AvgIpc) is 2.58. The van der Waals surface area contributed by atoms with Crippen LogP contribution >= 0.6 is 11.6 Å². The van der Waals surface area contributed by atoms with Crippen molar-refractivity contribution in [2.24, 2.45) is 5.92 Å². The van der Waals surface area contributed by atoms with E-state index < -0.39 is 0 Å². The normalized spacial score (nSPS) is 22.5. The third-order valence-electron chi connectivity index (χ3n) is 3.53. The number of nitriles is 1. The average molecular weight is 249 g/mol. The lowest BCUT2D eigenvalue weighted by molar-refractivity contribution is 0.503. The number of anilines is 1. The number of rotatable bonds is 1. The maximum Gasteiger partial charge on any atom is 0.0675 e. The first-order valence-electron chi connectivity index (χ1n) is 5.87. The lowest BCUT2D eigenvalue weighted by Gasteiger charge is -2.33. The van der Waals surface area contributed by atoms with Gasteiger partial charge in [-0.15, -0.1) is 0 Å². The number of benzene rings is 1. The number of hydrogen-bond donors (Lipinski definition) is 0. The summed E-state index contributed by atoms with van der Waals surface area (Å²) in [5.41, 5.74) is 2.23. The Balaban J connectivity index is 2.34. The number of nitrogens with zero attached hydrogens (tertiary/aromatic N) is 2. The zero-order valence-corrected chi connectivity index (χ0v) is 11.3. The maximum atomic E-state index is 9.06. The lowest BCUT2D eigenvalue weighted by Crippen LogP contribution is -2.38. The van der Waals surface area contributed by atoms with Crippen LogP contribution in [-0.2, 0) is 0 Å². The molecule has 0 spiro atoms. The van der Waals surface area contributed by atoms with Crippen molar-refractivity contribution >= 4 is 17.3 Å². The van der Waals surface area contributed by atoms with Crippen LogP contribution in [0.25, 0.3) is 0 Å². The minimum absolute atomic E-state index is 0.0268. The SMILES string of the molecule is Cc1ccc(N2CC(C#N)CC2(C)C)cc1Cl. The number of hydrogen-bond acceptors (Lipinski definition) is 2. The molecule has 1 atom stereocenters. The van der Waals surface area contributed by atoms with Gasteiger partial charge in [-0.1, -0.05) is 17.7 Å². The minimum Gasteiger partial charge on any atom is -0.365 e. The summed E-state index contributed by atoms with van der Waals surface area (Å²) in [6.07, 6.45) is 0.912. The fourth-order valence-corrected chi connectivity index (χ4v) is 2.71. The molecule has 0 radical (unpaired) electrons. The highest BCUT2D eigenvalue weighted by Crippen LogP contribution is 2.37. The maximum absolute atomic E-state index is 9.06. The Morgan fingerprint density at radius 2 is 2.18 bits per heavy atom. The minimum atomic E-state index is 0.0268. The number of aryl methyl sites for hydroxylation is 1. The zero-order valence-electron chi connectivity index (χ0n) is 10.5. The van der Waals surface area contributed by atoms with Gasteiger partial charge < -0.3 is 4.90 Å². The first kappa shape index (κ1) is 12.3. The van der Waals surface area contributed by atoms with Gasteiger partial charge in [-0.3, -0.25) is 0 Å². The summed E-state index contributed by atoms with van der Waals surface area (Å²) >= 11 is 6.16. The van der Waals surface area contributed by atoms with Gasteiger partial charge in [0, 0.05) is 22.8 Å². The van der Waals surface area contributed by atoms with Crippen LogP contribution in [0.2, 0.25) is 5.02 Å². The van der Waals surface area contributed by atoms with Crippen LogP contribution in [-0.4, -0.2) is 12.1 Å². The first-order chi connectivity index (χ1) is 7.94. The van der Waals surface area contributed by atoms with Gasteiger partial charge in [0.1, 0.15) is 0 Å². The van der Waals surface area contributed by atoms with E-state index in [1.165, 1.54) is 0 Å². The van der Waals surface area contributed by atoms with E-state index in [1.807, 2.05) is 19.1 Å². The second kappa shape index (κ2) is 4.23. The van der Waals surface area contributed by atoms with Crippen LogP contribution in [0.5, 0.6) is 0 Å². The Morgan fingerprint density at radius 1 is 1.47 bits per heavy atom. The molecule has 1 unspecified atom stereocenters. The Bertz CT molecular complexity index is 474. The molecule has 0 bridgehead atoms. The molecular weight excluding hydrogens is 232 g/mol. The van der Waals surface area contributed by atoms with Crippen LogP contribution < -0.4 is 4.90 Å². The van der Waals surface area contributed by atoms with E-state index in [2.05, 4.69) is 30.9 Å². The van der Waals surface area contributed by atoms with Crippen molar-refractivity contribution in [3.63, 3.8) is 0 Å². The Morgan fingerprint density at radius 3 is 2.71 bits per heavy atom. The van der Waals surface area contributed by atoms with Crippen LogP contribution in [0.3, 0.4) is 0 Å². The molecule has 1 aliphatic heterocycles. The molecule has 3 heteroatoms. The van der Waals surface area contributed by atoms with Gasteiger partial charge in [0.25, 0.3) is 0 Å². The van der Waals surface area contributed by atoms with Crippen molar-refractivity contribution in [3.05, 3.63) is 28.8 Å². The van der Waals surface area contributed by atoms with Gasteiger partial charge in [-0.2, -0.15) is 5.26 Å². The fourth-order valence-electron chi connectivity index (χ4n) is 2.54. The summed E-state index contributed by atoms with van der Waals surface area (Å²) in [5, 5.41) is 9.85. The third kappa shape index (κ3) is 2.25. The second-order valence-electron chi connectivity index (χ2n) is 5.39. The zero-order chi connectivity index (χ0) is 12.6. The van der Waals surface area contributed by atoms with Gasteiger partial charge in [0.2, 0.25) is 0 Å². The molecule has 1 aromatic rings. The highest BCUT2D eigenvalue weighted by Gasteiger charge is 2.38. The largest absolute Gasteiger partial charge is 0.365 e. The van der Waals surface area contributed by atoms with Gasteiger partial charge in [0.05, 0.1) is 12.0 Å². The van der Waals surface area contributed by atoms with Crippen molar-refractivity contribution < 1.29 is 0 Å². The Hall–Kier alpha value is -1.20. The standard InChI is InChI=1S/C14H17ClN2/c1-10-4-5-12(6-13(10)15)17-9-11(8-16)7-14(17,2)3/h4-6,11H,7,9H2,1-3H3. The highest BCUT2D eigenvalue weighted by atomic mass is 35.5. The number of halogens is 1. The molecule has 0 N–H and O–H groups in total. The summed E-state index contributed by atoms with van der Waals surface area (Å²) in [7, 11) is 0. The van der Waals surface area contributed by atoms with E-state index in [4.69, 9.17) is 16.9 Å². The Labute approximate surface area is 108 Å². The van der Waals surface area contributed by atoms with Crippen LogP contribution in [0, 0.1) is 24.2 Å². The van der Waals surface area contributed by atoms with Crippen molar-refractivity contribution in [1.29, 1.82) is 5.26 Å². The summed E-state index contributed by atoms with van der Waals surface area (Å²) < 4.78 is 0. The topological polar surface area (TPSA) is 27.0 Å². The van der Waals surface area contributed by atoms with Crippen molar-refractivity contribution in [2.75, 3.05) is 11.4 Å². The third-order valence-corrected chi connectivity index (χ3v) is 3.94. The fraction of sp³-hybridized carbons (Fsp3) is 0.500. The molecule has 0 aliphatic carbocycles. The molecule has 1 heterocycles. The van der Waals surface area contributed by atoms with E-state index in [9.17, 15) is 0 Å². The van der Waals surface area contributed by atoms with Gasteiger partial charge in [0.15, 0.2) is 0 Å². The monoisotopic (exact) mass is 248 g/mol. The van der Waals surface area contributed by atoms with E-state index in [1.54, 1.807) is 0 Å². The first-order valence-corrected chi connectivity index (χ1v) is 6.25. The second-order valence-corrected chi connectivity index (χ2v) is 5.79. The summed E-state index contributed by atoms with van der Waals surface area (Å²) in [6.45, 7) is 7.15. The molecule has 0 saturated carbocycles. The van der Waals surface area contributed by atoms with Crippen LogP contribution in [0.4, 0.5) is 5.69 Å². The van der Waals surface area contributed by atoms with E-state index in [-0.39, 0.29) is 11.5 Å². The van der Waals surface area contributed by atoms with Gasteiger partial charge in [-0.05, 0) is 44.9 Å². The molecule has 1 aromatic carbocycles. The molecule has 1 aliphatic rings. The quantitative estimate of drug-likeness (QED) is 0.756. The Kier molecular flexibility index (Phi) is 3.05. The highest BCUT2D eigenvalue weighted by molar-refractivity contribution is 6.31. The van der Waals surface area contributed by atoms with Crippen molar-refractivity contribution in [1.82, 2.24) is 0 Å². The van der Waals surface area contributed by atoms with Crippen LogP contribution in [0.1, 0.15) is 25.8 Å². The predicted molar refractivity (Wildman–Crippen MR) is 71.3 cm³/mol. The molecule has 2 nitrogen and oxygen atoms in total. The van der Waals surface area contributed by atoms with Crippen molar-refractivity contribution in [3.8, 4) is 6.07 Å². The van der Waals surface area contributed by atoms with E-state index >= 15 is 0 Å². The van der Waals surface area contributed by atoms with Gasteiger partial charge in [-0.25, -0.2) is 0 Å². The molecule has 17 heavy (non-hydrogen) atoms. The summed E-state index contributed by atoms with van der Waals surface area (Å²) in [6, 6.07) is 8.49. The van der Waals surface area contributed by atoms with Gasteiger partial charge >= 0.3 is 0 Å². The molecule has 90 valence electrons. The van der Waals surface area contributed by atoms with Crippen LogP contribution in [0.15, 0.2) is 18.2 Å². The smallest absolute Gasteiger partial charge is 0.0675 e. The predicted octanol–water partition coefficient (Wildman–Crippen LogP) is 3.78. The van der Waals surface area contributed by atoms with Crippen molar-refractivity contribution in [2.45, 2.75) is 32.7 Å². The molecule has 0 amide bonds. The molecule has 0 aromatic heterocycles. The molecule has 1 saturated heterocycles. The summed E-state index contributed by atoms with van der Waals surface area (Å²) in [5.74, 6) is 0.116.